The Hall–Kier alpha value is -1.62. The standard InChI is InChI=1S/C22H33NO4/c1-15-8-7-9-16(2)13-20-21(19(12-15)26-17(3)24)18(22(25)27-20)14-23-10-5-4-6-11-23/h12-13,18-21H,4-11,14H2,1-3H3/b15-12+,16-13+/t18-,19-,20-,21?/m1/s1. The Bertz CT molecular complexity index is 618. The quantitative estimate of drug-likeness (QED) is 0.557. The van der Waals surface area contributed by atoms with E-state index in [4.69, 9.17) is 9.47 Å². The molecule has 2 heterocycles. The van der Waals surface area contributed by atoms with Gasteiger partial charge in [0.15, 0.2) is 0 Å². The number of hydrogen-bond donors (Lipinski definition) is 0. The SMILES string of the molecule is CC(=O)O[C@@H]1/C=C(\C)CCC/C(C)=C/[C@H]2OC(=O)[C@H](CN3CCCCC3)C12. The van der Waals surface area contributed by atoms with Gasteiger partial charge in [-0.2, -0.15) is 0 Å². The van der Waals surface area contributed by atoms with Crippen LogP contribution >= 0.6 is 0 Å². The van der Waals surface area contributed by atoms with Gasteiger partial charge in [0.2, 0.25) is 0 Å². The summed E-state index contributed by atoms with van der Waals surface area (Å²) >= 11 is 0. The molecule has 0 aromatic heterocycles. The van der Waals surface area contributed by atoms with Crippen LogP contribution in [0.3, 0.4) is 0 Å². The highest BCUT2D eigenvalue weighted by Gasteiger charge is 2.49. The van der Waals surface area contributed by atoms with E-state index in [1.165, 1.54) is 37.3 Å². The molecule has 0 bridgehead atoms. The number of allylic oxidation sites excluding steroid dienone is 2. The van der Waals surface area contributed by atoms with Crippen LogP contribution < -0.4 is 0 Å². The van der Waals surface area contributed by atoms with E-state index in [0.717, 1.165) is 32.4 Å². The average Bonchev–Trinajstić information content (AvgIpc) is 2.89. The van der Waals surface area contributed by atoms with Crippen LogP contribution in [-0.4, -0.2) is 48.7 Å². The third kappa shape index (κ3) is 5.22. The Labute approximate surface area is 162 Å². The summed E-state index contributed by atoms with van der Waals surface area (Å²) < 4.78 is 11.5. The third-order valence-electron chi connectivity index (χ3n) is 6.02. The van der Waals surface area contributed by atoms with Gasteiger partial charge in [-0.15, -0.1) is 0 Å². The van der Waals surface area contributed by atoms with Gasteiger partial charge >= 0.3 is 11.9 Å². The lowest BCUT2D eigenvalue weighted by Gasteiger charge is -2.32. The van der Waals surface area contributed by atoms with Crippen molar-refractivity contribution in [3.8, 4) is 0 Å². The van der Waals surface area contributed by atoms with Crippen LogP contribution in [0.25, 0.3) is 0 Å². The number of ether oxygens (including phenoxy) is 2. The predicted octanol–water partition coefficient (Wildman–Crippen LogP) is 3.64. The van der Waals surface area contributed by atoms with Gasteiger partial charge in [0.1, 0.15) is 12.2 Å². The zero-order valence-electron chi connectivity index (χ0n) is 16.9. The van der Waals surface area contributed by atoms with Gasteiger partial charge in [-0.25, -0.2) is 0 Å². The number of carbonyl (C=O) groups is 2. The first-order valence-corrected chi connectivity index (χ1v) is 10.4. The van der Waals surface area contributed by atoms with Crippen molar-refractivity contribution in [2.24, 2.45) is 11.8 Å². The van der Waals surface area contributed by atoms with E-state index in [1.807, 2.05) is 0 Å². The van der Waals surface area contributed by atoms with Gasteiger partial charge in [-0.05, 0) is 71.2 Å². The summed E-state index contributed by atoms with van der Waals surface area (Å²) in [5.41, 5.74) is 2.46. The van der Waals surface area contributed by atoms with Gasteiger partial charge in [-0.3, -0.25) is 9.59 Å². The monoisotopic (exact) mass is 375 g/mol. The molecule has 0 saturated carbocycles. The molecule has 0 spiro atoms. The zero-order chi connectivity index (χ0) is 19.4. The molecule has 0 aromatic carbocycles. The Morgan fingerprint density at radius 1 is 1.11 bits per heavy atom. The van der Waals surface area contributed by atoms with E-state index in [0.29, 0.717) is 6.54 Å². The number of esters is 2. The Kier molecular flexibility index (Phi) is 6.74. The fourth-order valence-electron chi connectivity index (χ4n) is 4.65. The van der Waals surface area contributed by atoms with E-state index in [-0.39, 0.29) is 29.9 Å². The maximum absolute atomic E-state index is 12.8. The third-order valence-corrected chi connectivity index (χ3v) is 6.02. The number of hydrogen-bond acceptors (Lipinski definition) is 5. The molecule has 4 atom stereocenters. The summed E-state index contributed by atoms with van der Waals surface area (Å²) in [6.45, 7) is 8.38. The van der Waals surface area contributed by atoms with Gasteiger partial charge in [0.25, 0.3) is 0 Å². The number of piperidine rings is 1. The molecule has 5 nitrogen and oxygen atoms in total. The van der Waals surface area contributed by atoms with Crippen molar-refractivity contribution in [2.75, 3.05) is 19.6 Å². The number of carbonyl (C=O) groups excluding carboxylic acids is 2. The molecule has 3 aliphatic rings. The highest BCUT2D eigenvalue weighted by Crippen LogP contribution is 2.37. The molecule has 3 rings (SSSR count). The highest BCUT2D eigenvalue weighted by atomic mass is 16.6. The van der Waals surface area contributed by atoms with Gasteiger partial charge in [0, 0.05) is 13.5 Å². The van der Waals surface area contributed by atoms with Crippen molar-refractivity contribution in [1.82, 2.24) is 4.90 Å². The molecule has 27 heavy (non-hydrogen) atoms. The van der Waals surface area contributed by atoms with E-state index in [2.05, 4.69) is 30.9 Å². The molecule has 2 aliphatic heterocycles. The van der Waals surface area contributed by atoms with Crippen molar-refractivity contribution >= 4 is 11.9 Å². The first-order valence-electron chi connectivity index (χ1n) is 10.4. The Morgan fingerprint density at radius 2 is 1.78 bits per heavy atom. The second kappa shape index (κ2) is 9.05. The minimum atomic E-state index is -0.420. The molecule has 2 fully saturated rings. The molecule has 1 aliphatic carbocycles. The Balaban J connectivity index is 1.91. The molecular formula is C22H33NO4. The van der Waals surface area contributed by atoms with Crippen LogP contribution in [0.2, 0.25) is 0 Å². The minimum Gasteiger partial charge on any atom is -0.458 e. The van der Waals surface area contributed by atoms with Crippen LogP contribution in [0.4, 0.5) is 0 Å². The maximum atomic E-state index is 12.8. The van der Waals surface area contributed by atoms with Crippen molar-refractivity contribution in [3.05, 3.63) is 23.3 Å². The van der Waals surface area contributed by atoms with Crippen LogP contribution in [0.1, 0.15) is 59.3 Å². The predicted molar refractivity (Wildman–Crippen MR) is 104 cm³/mol. The molecule has 0 amide bonds. The van der Waals surface area contributed by atoms with Crippen molar-refractivity contribution in [1.29, 1.82) is 0 Å². The van der Waals surface area contributed by atoms with Crippen molar-refractivity contribution in [2.45, 2.75) is 71.5 Å². The molecule has 0 N–H and O–H groups in total. The van der Waals surface area contributed by atoms with Crippen LogP contribution in [-0.2, 0) is 19.1 Å². The summed E-state index contributed by atoms with van der Waals surface area (Å²) in [4.78, 5) is 27.0. The Morgan fingerprint density at radius 3 is 2.44 bits per heavy atom. The summed E-state index contributed by atoms with van der Waals surface area (Å²) in [5.74, 6) is -0.880. The van der Waals surface area contributed by atoms with Gasteiger partial charge in [0.05, 0.1) is 11.8 Å². The minimum absolute atomic E-state index is 0.151. The highest BCUT2D eigenvalue weighted by molar-refractivity contribution is 5.76. The largest absolute Gasteiger partial charge is 0.458 e. The van der Waals surface area contributed by atoms with Crippen LogP contribution in [0, 0.1) is 11.8 Å². The molecular weight excluding hydrogens is 342 g/mol. The second-order valence-electron chi connectivity index (χ2n) is 8.40. The topological polar surface area (TPSA) is 55.8 Å². The van der Waals surface area contributed by atoms with Crippen LogP contribution in [0.15, 0.2) is 23.3 Å². The molecule has 0 radical (unpaired) electrons. The van der Waals surface area contributed by atoms with E-state index in [9.17, 15) is 9.59 Å². The summed E-state index contributed by atoms with van der Waals surface area (Å²) in [6.07, 6.45) is 10.1. The van der Waals surface area contributed by atoms with E-state index >= 15 is 0 Å². The second-order valence-corrected chi connectivity index (χ2v) is 8.40. The van der Waals surface area contributed by atoms with Crippen LogP contribution in [0.5, 0.6) is 0 Å². The maximum Gasteiger partial charge on any atom is 0.311 e. The summed E-state index contributed by atoms with van der Waals surface area (Å²) in [5, 5.41) is 0. The molecule has 150 valence electrons. The van der Waals surface area contributed by atoms with Crippen molar-refractivity contribution < 1.29 is 19.1 Å². The fourth-order valence-corrected chi connectivity index (χ4v) is 4.65. The normalized spacial score (nSPS) is 36.6. The van der Waals surface area contributed by atoms with E-state index < -0.39 is 6.10 Å². The average molecular weight is 376 g/mol. The molecule has 5 heteroatoms. The molecule has 0 aromatic rings. The van der Waals surface area contributed by atoms with Crippen molar-refractivity contribution in [3.63, 3.8) is 0 Å². The summed E-state index contributed by atoms with van der Waals surface area (Å²) in [7, 11) is 0. The number of fused-ring (bicyclic) bond motifs is 1. The van der Waals surface area contributed by atoms with Gasteiger partial charge in [-0.1, -0.05) is 17.6 Å². The number of nitrogens with zero attached hydrogens (tertiary/aromatic N) is 1. The summed E-state index contributed by atoms with van der Waals surface area (Å²) in [6, 6.07) is 0. The first kappa shape index (κ1) is 20.1. The van der Waals surface area contributed by atoms with Gasteiger partial charge < -0.3 is 14.4 Å². The number of rotatable bonds is 3. The number of likely N-dealkylation sites (tertiary alicyclic amines) is 1. The lowest BCUT2D eigenvalue weighted by molar-refractivity contribution is -0.148. The lowest BCUT2D eigenvalue weighted by Crippen LogP contribution is -2.42. The smallest absolute Gasteiger partial charge is 0.311 e. The lowest BCUT2D eigenvalue weighted by atomic mass is 9.82. The zero-order valence-corrected chi connectivity index (χ0v) is 16.9. The molecule has 1 unspecified atom stereocenters. The van der Waals surface area contributed by atoms with E-state index in [1.54, 1.807) is 0 Å². The molecule has 2 saturated heterocycles. The first-order chi connectivity index (χ1) is 12.9. The fraction of sp³-hybridized carbons (Fsp3) is 0.727.